The number of carbonyl (C=O) groups excluding carboxylic acids is 1. The van der Waals surface area contributed by atoms with Gasteiger partial charge >= 0.3 is 0 Å². The molecule has 2 aliphatic rings. The minimum atomic E-state index is 0.284. The Morgan fingerprint density at radius 3 is 2.46 bits per heavy atom. The second-order valence-electron chi connectivity index (χ2n) is 7.02. The zero-order valence-electron chi connectivity index (χ0n) is 14.5. The normalized spacial score (nSPS) is 28.3. The standard InChI is InChI=1S/C18H27ClN4O/c1-13-17(14(2)21-20-13)11-18(24)23-8-6-22(7-9-23)12-15-4-3-5-16(19)10-15/h3-5,10,13-14,17,20-21H,6-9,11-12H2,1-2H3. The van der Waals surface area contributed by atoms with Gasteiger partial charge in [-0.05, 0) is 31.5 Å². The first-order chi connectivity index (χ1) is 11.5. The van der Waals surface area contributed by atoms with Crippen LogP contribution in [-0.2, 0) is 11.3 Å². The van der Waals surface area contributed by atoms with Gasteiger partial charge in [0, 0.05) is 62.2 Å². The van der Waals surface area contributed by atoms with Gasteiger partial charge in [-0.2, -0.15) is 0 Å². The van der Waals surface area contributed by atoms with Gasteiger partial charge in [0.05, 0.1) is 0 Å². The van der Waals surface area contributed by atoms with Crippen LogP contribution < -0.4 is 10.9 Å². The molecule has 0 saturated carbocycles. The predicted molar refractivity (Wildman–Crippen MR) is 96.6 cm³/mol. The summed E-state index contributed by atoms with van der Waals surface area (Å²) in [7, 11) is 0. The van der Waals surface area contributed by atoms with Gasteiger partial charge in [-0.25, -0.2) is 0 Å². The highest BCUT2D eigenvalue weighted by Gasteiger charge is 2.33. The molecule has 2 aliphatic heterocycles. The molecule has 0 aliphatic carbocycles. The van der Waals surface area contributed by atoms with Crippen molar-refractivity contribution < 1.29 is 4.79 Å². The van der Waals surface area contributed by atoms with Crippen LogP contribution in [-0.4, -0.2) is 54.0 Å². The van der Waals surface area contributed by atoms with Crippen molar-refractivity contribution in [3.05, 3.63) is 34.9 Å². The largest absolute Gasteiger partial charge is 0.340 e. The van der Waals surface area contributed by atoms with Gasteiger partial charge in [0.25, 0.3) is 0 Å². The molecule has 6 heteroatoms. The molecule has 1 amide bonds. The molecule has 132 valence electrons. The Balaban J connectivity index is 1.47. The van der Waals surface area contributed by atoms with Crippen LogP contribution in [0.3, 0.4) is 0 Å². The van der Waals surface area contributed by atoms with Gasteiger partial charge in [-0.3, -0.25) is 20.5 Å². The Labute approximate surface area is 149 Å². The summed E-state index contributed by atoms with van der Waals surface area (Å²) in [5.41, 5.74) is 7.68. The van der Waals surface area contributed by atoms with Crippen LogP contribution in [0.15, 0.2) is 24.3 Å². The van der Waals surface area contributed by atoms with Crippen LogP contribution in [0.5, 0.6) is 0 Å². The molecule has 1 aromatic rings. The molecule has 2 heterocycles. The van der Waals surface area contributed by atoms with Crippen molar-refractivity contribution >= 4 is 17.5 Å². The number of nitrogens with one attached hydrogen (secondary N) is 2. The SMILES string of the molecule is CC1NNC(C)C1CC(=O)N1CCN(Cc2cccc(Cl)c2)CC1. The van der Waals surface area contributed by atoms with E-state index in [1.165, 1.54) is 5.56 Å². The molecule has 0 aromatic heterocycles. The number of amides is 1. The number of nitrogens with zero attached hydrogens (tertiary/aromatic N) is 2. The highest BCUT2D eigenvalue weighted by molar-refractivity contribution is 6.30. The molecule has 0 radical (unpaired) electrons. The summed E-state index contributed by atoms with van der Waals surface area (Å²) >= 11 is 6.05. The Hall–Kier alpha value is -1.14. The molecule has 2 saturated heterocycles. The van der Waals surface area contributed by atoms with Crippen LogP contribution in [0.25, 0.3) is 0 Å². The predicted octanol–water partition coefficient (Wildman–Crippen LogP) is 1.88. The molecule has 2 unspecified atom stereocenters. The zero-order chi connectivity index (χ0) is 17.1. The third-order valence-corrected chi connectivity index (χ3v) is 5.49. The van der Waals surface area contributed by atoms with Gasteiger partial charge in [0.1, 0.15) is 0 Å². The van der Waals surface area contributed by atoms with Crippen LogP contribution in [0.1, 0.15) is 25.8 Å². The number of hydrogen-bond acceptors (Lipinski definition) is 4. The molecular formula is C18H27ClN4O. The number of halogens is 1. The van der Waals surface area contributed by atoms with Gasteiger partial charge < -0.3 is 4.90 Å². The number of hydrogen-bond donors (Lipinski definition) is 2. The summed E-state index contributed by atoms with van der Waals surface area (Å²) in [4.78, 5) is 17.0. The molecule has 3 rings (SSSR count). The lowest BCUT2D eigenvalue weighted by Gasteiger charge is -2.35. The number of piperazine rings is 1. The zero-order valence-corrected chi connectivity index (χ0v) is 15.2. The highest BCUT2D eigenvalue weighted by Crippen LogP contribution is 2.20. The molecule has 2 fully saturated rings. The van der Waals surface area contributed by atoms with Gasteiger partial charge in [-0.1, -0.05) is 23.7 Å². The monoisotopic (exact) mass is 350 g/mol. The second kappa shape index (κ2) is 7.83. The third kappa shape index (κ3) is 4.28. The van der Waals surface area contributed by atoms with E-state index in [9.17, 15) is 4.79 Å². The van der Waals surface area contributed by atoms with E-state index in [4.69, 9.17) is 11.6 Å². The Bertz CT molecular complexity index is 564. The summed E-state index contributed by atoms with van der Waals surface area (Å²) in [6, 6.07) is 8.69. The smallest absolute Gasteiger partial charge is 0.223 e. The van der Waals surface area contributed by atoms with Gasteiger partial charge in [-0.15, -0.1) is 0 Å². The van der Waals surface area contributed by atoms with E-state index in [-0.39, 0.29) is 5.91 Å². The van der Waals surface area contributed by atoms with Crippen molar-refractivity contribution in [2.75, 3.05) is 26.2 Å². The first-order valence-corrected chi connectivity index (χ1v) is 9.16. The van der Waals surface area contributed by atoms with Crippen LogP contribution >= 0.6 is 11.6 Å². The van der Waals surface area contributed by atoms with Crippen LogP contribution in [0.2, 0.25) is 5.02 Å². The number of rotatable bonds is 4. The summed E-state index contributed by atoms with van der Waals surface area (Å²) in [5.74, 6) is 0.647. The Morgan fingerprint density at radius 2 is 1.83 bits per heavy atom. The molecule has 2 atom stereocenters. The van der Waals surface area contributed by atoms with E-state index in [1.54, 1.807) is 0 Å². The van der Waals surface area contributed by atoms with E-state index >= 15 is 0 Å². The maximum atomic E-state index is 12.6. The number of carbonyl (C=O) groups is 1. The first-order valence-electron chi connectivity index (χ1n) is 8.78. The molecule has 5 nitrogen and oxygen atoms in total. The van der Waals surface area contributed by atoms with Crippen molar-refractivity contribution in [1.82, 2.24) is 20.7 Å². The Kier molecular flexibility index (Phi) is 5.76. The fraction of sp³-hybridized carbons (Fsp3) is 0.611. The number of hydrazine groups is 1. The summed E-state index contributed by atoms with van der Waals surface area (Å²) in [6.45, 7) is 8.64. The summed E-state index contributed by atoms with van der Waals surface area (Å²) in [6.07, 6.45) is 0.622. The third-order valence-electron chi connectivity index (χ3n) is 5.25. The van der Waals surface area contributed by atoms with Crippen molar-refractivity contribution in [1.29, 1.82) is 0 Å². The lowest BCUT2D eigenvalue weighted by molar-refractivity contribution is -0.134. The van der Waals surface area contributed by atoms with Crippen molar-refractivity contribution in [3.63, 3.8) is 0 Å². The van der Waals surface area contributed by atoms with E-state index in [0.717, 1.165) is 37.7 Å². The highest BCUT2D eigenvalue weighted by atomic mass is 35.5. The van der Waals surface area contributed by atoms with Gasteiger partial charge in [0.15, 0.2) is 0 Å². The maximum absolute atomic E-state index is 12.6. The second-order valence-corrected chi connectivity index (χ2v) is 7.46. The average Bonchev–Trinajstić information content (AvgIpc) is 2.87. The molecule has 1 aromatic carbocycles. The quantitative estimate of drug-likeness (QED) is 0.870. The fourth-order valence-electron chi connectivity index (χ4n) is 3.64. The van der Waals surface area contributed by atoms with Crippen LogP contribution in [0, 0.1) is 5.92 Å². The lowest BCUT2D eigenvalue weighted by Crippen LogP contribution is -2.49. The molecule has 0 spiro atoms. The number of benzene rings is 1. The molecular weight excluding hydrogens is 324 g/mol. The van der Waals surface area contributed by atoms with Crippen molar-refractivity contribution in [3.8, 4) is 0 Å². The molecule has 2 N–H and O–H groups in total. The fourth-order valence-corrected chi connectivity index (χ4v) is 3.86. The average molecular weight is 351 g/mol. The van der Waals surface area contributed by atoms with E-state index < -0.39 is 0 Å². The van der Waals surface area contributed by atoms with Crippen LogP contribution in [0.4, 0.5) is 0 Å². The topological polar surface area (TPSA) is 47.6 Å². The van der Waals surface area contributed by atoms with E-state index in [2.05, 4.69) is 35.7 Å². The minimum Gasteiger partial charge on any atom is -0.340 e. The van der Waals surface area contributed by atoms with Gasteiger partial charge in [0.2, 0.25) is 5.91 Å². The molecule has 0 bridgehead atoms. The minimum absolute atomic E-state index is 0.284. The van der Waals surface area contributed by atoms with Crippen molar-refractivity contribution in [2.24, 2.45) is 5.92 Å². The Morgan fingerprint density at radius 1 is 1.17 bits per heavy atom. The maximum Gasteiger partial charge on any atom is 0.223 e. The summed E-state index contributed by atoms with van der Waals surface area (Å²) in [5, 5.41) is 0.781. The first kappa shape index (κ1) is 17.7. The molecule has 24 heavy (non-hydrogen) atoms. The lowest BCUT2D eigenvalue weighted by atomic mass is 9.92. The van der Waals surface area contributed by atoms with E-state index in [1.807, 2.05) is 23.1 Å². The van der Waals surface area contributed by atoms with Crippen molar-refractivity contribution in [2.45, 2.75) is 38.9 Å². The summed E-state index contributed by atoms with van der Waals surface area (Å²) < 4.78 is 0. The van der Waals surface area contributed by atoms with E-state index in [0.29, 0.717) is 24.4 Å².